The van der Waals surface area contributed by atoms with Gasteiger partial charge in [0.2, 0.25) is 0 Å². The summed E-state index contributed by atoms with van der Waals surface area (Å²) < 4.78 is 0. The summed E-state index contributed by atoms with van der Waals surface area (Å²) in [4.78, 5) is 9.04. The molecule has 0 radical (unpaired) electrons. The number of benzene rings is 1. The maximum absolute atomic E-state index is 6.06. The Morgan fingerprint density at radius 2 is 2.00 bits per heavy atom. The van der Waals surface area contributed by atoms with Crippen molar-refractivity contribution in [1.29, 1.82) is 0 Å². The molecule has 0 aromatic heterocycles. The fraction of sp³-hybridized carbons (Fsp3) is 0.533. The molecule has 1 heterocycles. The van der Waals surface area contributed by atoms with Crippen molar-refractivity contribution < 1.29 is 0 Å². The zero-order valence-electron chi connectivity index (χ0n) is 12.7. The topological polar surface area (TPSA) is 30.9 Å². The maximum Gasteiger partial charge on any atom is 0.193 e. The van der Waals surface area contributed by atoms with E-state index < -0.39 is 0 Å². The van der Waals surface area contributed by atoms with E-state index >= 15 is 0 Å². The molecule has 118 valence electrons. The third kappa shape index (κ3) is 5.21. The van der Waals surface area contributed by atoms with Crippen LogP contribution in [-0.4, -0.2) is 50.6 Å². The van der Waals surface area contributed by atoms with Crippen molar-refractivity contribution in [3.05, 3.63) is 29.3 Å². The van der Waals surface area contributed by atoms with Crippen LogP contribution < -0.4 is 10.2 Å². The number of rotatable bonds is 3. The van der Waals surface area contributed by atoms with Crippen LogP contribution in [0.3, 0.4) is 0 Å². The quantitative estimate of drug-likeness (QED) is 0.461. The Kier molecular flexibility index (Phi) is 8.18. The maximum atomic E-state index is 6.06. The predicted molar refractivity (Wildman–Crippen MR) is 102 cm³/mol. The average Bonchev–Trinajstić information content (AvgIpc) is 2.49. The summed E-state index contributed by atoms with van der Waals surface area (Å²) in [6.45, 7) is 7.09. The fourth-order valence-electron chi connectivity index (χ4n) is 2.42. The van der Waals surface area contributed by atoms with Crippen LogP contribution in [0.2, 0.25) is 5.02 Å². The molecule has 21 heavy (non-hydrogen) atoms. The Morgan fingerprint density at radius 3 is 2.57 bits per heavy atom. The SMILES string of the molecule is CCCNC(=NC)N1CCN(c2cccc(Cl)c2)CC1.I. The minimum Gasteiger partial charge on any atom is -0.368 e. The van der Waals surface area contributed by atoms with Crippen molar-refractivity contribution >= 4 is 47.2 Å². The van der Waals surface area contributed by atoms with Crippen molar-refractivity contribution in [3.8, 4) is 0 Å². The fourth-order valence-corrected chi connectivity index (χ4v) is 2.60. The van der Waals surface area contributed by atoms with Gasteiger partial charge in [0, 0.05) is 50.5 Å². The smallest absolute Gasteiger partial charge is 0.193 e. The highest BCUT2D eigenvalue weighted by Gasteiger charge is 2.19. The molecular formula is C15H24ClIN4. The van der Waals surface area contributed by atoms with Crippen molar-refractivity contribution in [2.45, 2.75) is 13.3 Å². The molecule has 1 aliphatic rings. The number of nitrogens with one attached hydrogen (secondary N) is 1. The lowest BCUT2D eigenvalue weighted by atomic mass is 10.2. The van der Waals surface area contributed by atoms with E-state index in [4.69, 9.17) is 11.6 Å². The summed E-state index contributed by atoms with van der Waals surface area (Å²) in [5.41, 5.74) is 1.20. The van der Waals surface area contributed by atoms with Crippen molar-refractivity contribution in [2.24, 2.45) is 4.99 Å². The third-order valence-electron chi connectivity index (χ3n) is 3.50. The highest BCUT2D eigenvalue weighted by molar-refractivity contribution is 14.0. The molecule has 0 unspecified atom stereocenters. The van der Waals surface area contributed by atoms with Gasteiger partial charge in [0.05, 0.1) is 0 Å². The molecular weight excluding hydrogens is 399 g/mol. The van der Waals surface area contributed by atoms with Crippen LogP contribution in [0.4, 0.5) is 5.69 Å². The molecule has 0 amide bonds. The van der Waals surface area contributed by atoms with E-state index in [0.717, 1.165) is 50.1 Å². The van der Waals surface area contributed by atoms with Gasteiger partial charge in [-0.3, -0.25) is 4.99 Å². The first-order valence-electron chi connectivity index (χ1n) is 7.20. The van der Waals surface area contributed by atoms with Crippen molar-refractivity contribution in [1.82, 2.24) is 10.2 Å². The van der Waals surface area contributed by atoms with E-state index in [2.05, 4.69) is 33.1 Å². The van der Waals surface area contributed by atoms with Crippen LogP contribution in [0.15, 0.2) is 29.3 Å². The first kappa shape index (κ1) is 18.4. The highest BCUT2D eigenvalue weighted by Crippen LogP contribution is 2.20. The normalized spacial score (nSPS) is 15.7. The zero-order valence-corrected chi connectivity index (χ0v) is 15.8. The van der Waals surface area contributed by atoms with Gasteiger partial charge in [-0.25, -0.2) is 0 Å². The van der Waals surface area contributed by atoms with Gasteiger partial charge in [-0.2, -0.15) is 0 Å². The number of piperazine rings is 1. The molecule has 1 saturated heterocycles. The van der Waals surface area contributed by atoms with Gasteiger partial charge >= 0.3 is 0 Å². The van der Waals surface area contributed by atoms with Crippen LogP contribution in [0.25, 0.3) is 0 Å². The Balaban J connectivity index is 0.00000220. The average molecular weight is 423 g/mol. The highest BCUT2D eigenvalue weighted by atomic mass is 127. The lowest BCUT2D eigenvalue weighted by Gasteiger charge is -2.37. The lowest BCUT2D eigenvalue weighted by molar-refractivity contribution is 0.373. The van der Waals surface area contributed by atoms with Crippen LogP contribution in [0, 0.1) is 0 Å². The zero-order chi connectivity index (χ0) is 14.4. The molecule has 0 atom stereocenters. The summed E-state index contributed by atoms with van der Waals surface area (Å²) in [5, 5.41) is 4.19. The third-order valence-corrected chi connectivity index (χ3v) is 3.73. The van der Waals surface area contributed by atoms with Gasteiger partial charge in [-0.15, -0.1) is 24.0 Å². The number of halogens is 2. The monoisotopic (exact) mass is 422 g/mol. The molecule has 1 aromatic rings. The molecule has 0 bridgehead atoms. The molecule has 1 fully saturated rings. The Bertz CT molecular complexity index is 459. The van der Waals surface area contributed by atoms with Gasteiger partial charge in [-0.05, 0) is 24.6 Å². The number of guanidine groups is 1. The second-order valence-corrected chi connectivity index (χ2v) is 5.36. The summed E-state index contributed by atoms with van der Waals surface area (Å²) in [5.74, 6) is 1.01. The minimum absolute atomic E-state index is 0. The molecule has 0 aliphatic carbocycles. The van der Waals surface area contributed by atoms with Crippen LogP contribution in [0.5, 0.6) is 0 Å². The van der Waals surface area contributed by atoms with Gasteiger partial charge < -0.3 is 15.1 Å². The number of nitrogens with zero attached hydrogens (tertiary/aromatic N) is 3. The van der Waals surface area contributed by atoms with E-state index in [9.17, 15) is 0 Å². The second kappa shape index (κ2) is 9.35. The first-order valence-corrected chi connectivity index (χ1v) is 7.58. The van der Waals surface area contributed by atoms with Gasteiger partial charge in [0.15, 0.2) is 5.96 Å². The van der Waals surface area contributed by atoms with E-state index in [1.54, 1.807) is 0 Å². The van der Waals surface area contributed by atoms with Crippen molar-refractivity contribution in [2.75, 3.05) is 44.7 Å². The molecule has 4 nitrogen and oxygen atoms in total. The van der Waals surface area contributed by atoms with Gasteiger partial charge in [-0.1, -0.05) is 24.6 Å². The van der Waals surface area contributed by atoms with Gasteiger partial charge in [0.25, 0.3) is 0 Å². The molecule has 0 saturated carbocycles. The van der Waals surface area contributed by atoms with E-state index in [-0.39, 0.29) is 24.0 Å². The molecule has 1 aromatic carbocycles. The summed E-state index contributed by atoms with van der Waals surface area (Å²) >= 11 is 6.06. The first-order chi connectivity index (χ1) is 9.74. The van der Waals surface area contributed by atoms with Crippen molar-refractivity contribution in [3.63, 3.8) is 0 Å². The molecule has 1 aliphatic heterocycles. The predicted octanol–water partition coefficient (Wildman–Crippen LogP) is 3.07. The van der Waals surface area contributed by atoms with Crippen LogP contribution in [0.1, 0.15) is 13.3 Å². The number of aliphatic imine (C=N–C) groups is 1. The minimum atomic E-state index is 0. The molecule has 6 heteroatoms. The standard InChI is InChI=1S/C15H23ClN4.HI/c1-3-7-18-15(17-2)20-10-8-19(9-11-20)14-6-4-5-13(16)12-14;/h4-6,12H,3,7-11H2,1-2H3,(H,17,18);1H. The summed E-state index contributed by atoms with van der Waals surface area (Å²) in [6, 6.07) is 8.07. The molecule has 2 rings (SSSR count). The Morgan fingerprint density at radius 1 is 1.29 bits per heavy atom. The number of anilines is 1. The lowest BCUT2D eigenvalue weighted by Crippen LogP contribution is -2.52. The summed E-state index contributed by atoms with van der Waals surface area (Å²) in [7, 11) is 1.85. The summed E-state index contributed by atoms with van der Waals surface area (Å²) in [6.07, 6.45) is 1.11. The van der Waals surface area contributed by atoms with Gasteiger partial charge in [0.1, 0.15) is 0 Å². The van der Waals surface area contributed by atoms with E-state index in [1.807, 2.05) is 25.2 Å². The molecule has 0 spiro atoms. The van der Waals surface area contributed by atoms with Crippen LogP contribution in [-0.2, 0) is 0 Å². The molecule has 1 N–H and O–H groups in total. The Hall–Kier alpha value is -0.690. The van der Waals surface area contributed by atoms with E-state index in [0.29, 0.717) is 0 Å². The second-order valence-electron chi connectivity index (χ2n) is 4.93. The number of hydrogen-bond donors (Lipinski definition) is 1. The van der Waals surface area contributed by atoms with E-state index in [1.165, 1.54) is 5.69 Å². The number of hydrogen-bond acceptors (Lipinski definition) is 2. The van der Waals surface area contributed by atoms with Crippen LogP contribution >= 0.6 is 35.6 Å². The Labute approximate surface area is 149 Å². The largest absolute Gasteiger partial charge is 0.368 e.